The maximum Gasteiger partial charge on any atom is 0.326 e. The smallest absolute Gasteiger partial charge is 0.326 e. The third-order valence-electron chi connectivity index (χ3n) is 6.73. The third-order valence-corrected chi connectivity index (χ3v) is 6.73. The number of carbonyl (C=O) groups is 1. The van der Waals surface area contributed by atoms with Crippen LogP contribution in [0.1, 0.15) is 42.6 Å². The first-order valence-electron chi connectivity index (χ1n) is 13.7. The van der Waals surface area contributed by atoms with E-state index in [9.17, 15) is 18.7 Å². The van der Waals surface area contributed by atoms with Crippen LogP contribution < -0.4 is 15.4 Å². The number of fused-ring (bicyclic) bond motifs is 1. The van der Waals surface area contributed by atoms with Crippen LogP contribution in [0.25, 0.3) is 0 Å². The van der Waals surface area contributed by atoms with E-state index in [2.05, 4.69) is 37.6 Å². The number of hydrogen-bond acceptors (Lipinski definition) is 8. The second-order valence-corrected chi connectivity index (χ2v) is 9.96. The highest BCUT2D eigenvalue weighted by Gasteiger charge is 2.20. The van der Waals surface area contributed by atoms with Crippen LogP contribution in [0.2, 0.25) is 0 Å². The van der Waals surface area contributed by atoms with E-state index in [1.807, 2.05) is 0 Å². The number of nitrogens with zero attached hydrogens (tertiary/aromatic N) is 4. The van der Waals surface area contributed by atoms with E-state index in [4.69, 9.17) is 9.72 Å². The van der Waals surface area contributed by atoms with Gasteiger partial charge in [-0.05, 0) is 63.6 Å². The Hall–Kier alpha value is -3.86. The van der Waals surface area contributed by atoms with E-state index < -0.39 is 23.6 Å². The number of aromatic nitrogens is 3. The second-order valence-electron chi connectivity index (χ2n) is 9.96. The Morgan fingerprint density at radius 2 is 1.95 bits per heavy atom. The SMILES string of the molecule is Cc1cncc(NC(CCN(CCCCc2ccc3c(n2)NCCC3)CCOc2cc(F)cc(F)c2)C(=O)O)n1. The molecule has 11 heteroatoms. The zero-order chi connectivity index (χ0) is 28.3. The van der Waals surface area contributed by atoms with Gasteiger partial charge >= 0.3 is 5.97 Å². The number of carboxylic acid groups (broad SMARTS) is 1. The molecule has 3 N–H and O–H groups in total. The normalized spacial score (nSPS) is 13.4. The summed E-state index contributed by atoms with van der Waals surface area (Å²) in [5.74, 6) is -0.876. The lowest BCUT2D eigenvalue weighted by Gasteiger charge is -2.24. The fraction of sp³-hybridized carbons (Fsp3) is 0.448. The Bertz CT molecular complexity index is 1260. The number of ether oxygens (including phenoxy) is 1. The van der Waals surface area contributed by atoms with Gasteiger partial charge < -0.3 is 20.5 Å². The van der Waals surface area contributed by atoms with E-state index in [0.717, 1.165) is 68.4 Å². The van der Waals surface area contributed by atoms with Crippen LogP contribution in [-0.2, 0) is 17.6 Å². The molecule has 0 spiro atoms. The Morgan fingerprint density at radius 1 is 1.12 bits per heavy atom. The predicted octanol–water partition coefficient (Wildman–Crippen LogP) is 4.48. The molecule has 3 aromatic rings. The lowest BCUT2D eigenvalue weighted by atomic mass is 10.1. The standard InChI is InChI=1S/C29H36F2N6O3/c1-20-18-32-19-27(34-20)36-26(29(38)39)9-12-37(13-14-40-25-16-22(30)15-23(31)17-25)11-3-2-6-24-8-7-21-5-4-10-33-28(21)35-24/h7-8,15-19,26H,2-6,9-14H2,1H3,(H,33,35)(H,34,36)(H,38,39). The molecule has 1 aromatic carbocycles. The summed E-state index contributed by atoms with van der Waals surface area (Å²) >= 11 is 0. The van der Waals surface area contributed by atoms with Crippen molar-refractivity contribution in [2.24, 2.45) is 0 Å². The molecule has 1 atom stereocenters. The first-order chi connectivity index (χ1) is 19.4. The number of rotatable bonds is 15. The molecular formula is C29H36F2N6O3. The monoisotopic (exact) mass is 554 g/mol. The van der Waals surface area contributed by atoms with Gasteiger partial charge in [0, 0.05) is 49.7 Å². The molecule has 0 fully saturated rings. The largest absolute Gasteiger partial charge is 0.492 e. The minimum absolute atomic E-state index is 0.118. The summed E-state index contributed by atoms with van der Waals surface area (Å²) in [6, 6.07) is 6.46. The molecular weight excluding hydrogens is 518 g/mol. The predicted molar refractivity (Wildman–Crippen MR) is 149 cm³/mol. The number of aryl methyl sites for hydroxylation is 3. The van der Waals surface area contributed by atoms with Gasteiger partial charge in [0.15, 0.2) is 0 Å². The van der Waals surface area contributed by atoms with Crippen molar-refractivity contribution in [3.63, 3.8) is 0 Å². The summed E-state index contributed by atoms with van der Waals surface area (Å²) in [6.07, 6.45) is 8.22. The average molecular weight is 555 g/mol. The number of hydrogen-bond donors (Lipinski definition) is 3. The highest BCUT2D eigenvalue weighted by Crippen LogP contribution is 2.20. The second kappa shape index (κ2) is 14.5. The molecule has 0 saturated heterocycles. The van der Waals surface area contributed by atoms with Crippen LogP contribution >= 0.6 is 0 Å². The van der Waals surface area contributed by atoms with Crippen LogP contribution in [0.15, 0.2) is 42.7 Å². The van der Waals surface area contributed by atoms with Gasteiger partial charge in [-0.2, -0.15) is 0 Å². The summed E-state index contributed by atoms with van der Waals surface area (Å²) in [5.41, 5.74) is 2.99. The topological polar surface area (TPSA) is 112 Å². The van der Waals surface area contributed by atoms with Gasteiger partial charge in [0.05, 0.1) is 11.9 Å². The molecule has 4 rings (SSSR count). The molecule has 0 saturated carbocycles. The molecule has 1 aliphatic rings. The number of pyridine rings is 1. The number of aliphatic carboxylic acids is 1. The van der Waals surface area contributed by atoms with E-state index >= 15 is 0 Å². The molecule has 0 radical (unpaired) electrons. The molecule has 3 heterocycles. The van der Waals surface area contributed by atoms with Crippen LogP contribution in [0, 0.1) is 18.6 Å². The van der Waals surface area contributed by atoms with Gasteiger partial charge in [0.1, 0.15) is 41.7 Å². The van der Waals surface area contributed by atoms with Gasteiger partial charge in [-0.25, -0.2) is 23.5 Å². The van der Waals surface area contributed by atoms with Crippen molar-refractivity contribution in [2.75, 3.05) is 43.4 Å². The minimum Gasteiger partial charge on any atom is -0.492 e. The summed E-state index contributed by atoms with van der Waals surface area (Å²) in [4.78, 5) is 27.2. The van der Waals surface area contributed by atoms with Crippen molar-refractivity contribution in [2.45, 2.75) is 51.5 Å². The molecule has 1 unspecified atom stereocenters. The fourth-order valence-corrected chi connectivity index (χ4v) is 4.67. The van der Waals surface area contributed by atoms with Gasteiger partial charge in [-0.3, -0.25) is 9.88 Å². The van der Waals surface area contributed by atoms with Gasteiger partial charge in [-0.1, -0.05) is 6.07 Å². The van der Waals surface area contributed by atoms with E-state index in [1.54, 1.807) is 13.1 Å². The van der Waals surface area contributed by atoms with Gasteiger partial charge in [0.25, 0.3) is 0 Å². The Balaban J connectivity index is 1.32. The summed E-state index contributed by atoms with van der Waals surface area (Å²) in [5, 5.41) is 16.1. The summed E-state index contributed by atoms with van der Waals surface area (Å²) < 4.78 is 32.7. The molecule has 9 nitrogen and oxygen atoms in total. The molecule has 214 valence electrons. The zero-order valence-corrected chi connectivity index (χ0v) is 22.7. The third kappa shape index (κ3) is 9.11. The van der Waals surface area contributed by atoms with Crippen LogP contribution in [0.3, 0.4) is 0 Å². The molecule has 0 aliphatic carbocycles. The van der Waals surface area contributed by atoms with Gasteiger partial charge in [0.2, 0.25) is 0 Å². The zero-order valence-electron chi connectivity index (χ0n) is 22.7. The highest BCUT2D eigenvalue weighted by atomic mass is 19.1. The lowest BCUT2D eigenvalue weighted by molar-refractivity contribution is -0.138. The van der Waals surface area contributed by atoms with Crippen molar-refractivity contribution >= 4 is 17.6 Å². The van der Waals surface area contributed by atoms with Crippen molar-refractivity contribution in [1.29, 1.82) is 0 Å². The van der Waals surface area contributed by atoms with E-state index in [1.165, 1.54) is 11.8 Å². The lowest BCUT2D eigenvalue weighted by Crippen LogP contribution is -2.37. The number of unbranched alkanes of at least 4 members (excludes halogenated alkanes) is 1. The average Bonchev–Trinajstić information content (AvgIpc) is 2.92. The van der Waals surface area contributed by atoms with Crippen molar-refractivity contribution in [1.82, 2.24) is 19.9 Å². The van der Waals surface area contributed by atoms with Crippen LogP contribution in [0.4, 0.5) is 20.4 Å². The van der Waals surface area contributed by atoms with E-state index in [-0.39, 0.29) is 12.4 Å². The number of anilines is 2. The van der Waals surface area contributed by atoms with Crippen molar-refractivity contribution in [3.8, 4) is 5.75 Å². The van der Waals surface area contributed by atoms with Crippen molar-refractivity contribution < 1.29 is 23.4 Å². The first kappa shape index (κ1) is 29.1. The summed E-state index contributed by atoms with van der Waals surface area (Å²) in [6.45, 7) is 4.60. The number of halogens is 2. The first-order valence-corrected chi connectivity index (χ1v) is 13.7. The Labute approximate surface area is 233 Å². The van der Waals surface area contributed by atoms with Crippen LogP contribution in [0.5, 0.6) is 5.75 Å². The minimum atomic E-state index is -0.984. The fourth-order valence-electron chi connectivity index (χ4n) is 4.67. The maximum absolute atomic E-state index is 13.5. The highest BCUT2D eigenvalue weighted by molar-refractivity contribution is 5.76. The molecule has 2 aromatic heterocycles. The Morgan fingerprint density at radius 3 is 2.73 bits per heavy atom. The van der Waals surface area contributed by atoms with Gasteiger partial charge in [-0.15, -0.1) is 0 Å². The van der Waals surface area contributed by atoms with Crippen LogP contribution in [-0.4, -0.2) is 69.8 Å². The Kier molecular flexibility index (Phi) is 10.6. The molecule has 40 heavy (non-hydrogen) atoms. The maximum atomic E-state index is 13.5. The number of nitrogens with one attached hydrogen (secondary N) is 2. The molecule has 0 bridgehead atoms. The van der Waals surface area contributed by atoms with Crippen molar-refractivity contribution in [3.05, 3.63) is 71.3 Å². The quantitative estimate of drug-likeness (QED) is 0.234. The number of carboxylic acids is 1. The molecule has 1 aliphatic heterocycles. The summed E-state index contributed by atoms with van der Waals surface area (Å²) in [7, 11) is 0. The number of benzene rings is 1. The molecule has 0 amide bonds. The van der Waals surface area contributed by atoms with E-state index in [0.29, 0.717) is 37.6 Å².